The molecule has 0 spiro atoms. The molecule has 1 aliphatic heterocycles. The van der Waals surface area contributed by atoms with Crippen molar-refractivity contribution < 1.29 is 18.3 Å². The monoisotopic (exact) mass is 336 g/mol. The Kier molecular flexibility index (Phi) is 4.86. The summed E-state index contributed by atoms with van der Waals surface area (Å²) in [6.45, 7) is 1.99. The third kappa shape index (κ3) is 3.60. The number of carbonyl (C=O) groups is 1. The number of benzene rings is 1. The van der Waals surface area contributed by atoms with E-state index in [0.717, 1.165) is 11.2 Å². The van der Waals surface area contributed by atoms with Crippen molar-refractivity contribution in [3.63, 3.8) is 0 Å². The van der Waals surface area contributed by atoms with Gasteiger partial charge in [-0.05, 0) is 25.2 Å². The van der Waals surface area contributed by atoms with E-state index in [-0.39, 0.29) is 18.1 Å². The molecule has 128 valence electrons. The standard InChI is InChI=1S/C16H18F2N4O2/c1-21-7-8-24-14(10-21)16(23)19-9-11-5-6-22(20-11)15-12(17)3-2-4-13(15)18/h2-6,14H,7-10H2,1H3,(H,19,23)/t14-/m1/s1. The number of nitrogens with one attached hydrogen (secondary N) is 1. The Morgan fingerprint density at radius 3 is 2.83 bits per heavy atom. The van der Waals surface area contributed by atoms with E-state index in [4.69, 9.17) is 4.74 Å². The number of morpholine rings is 1. The first-order chi connectivity index (χ1) is 11.5. The average molecular weight is 336 g/mol. The Bertz CT molecular complexity index is 714. The van der Waals surface area contributed by atoms with E-state index in [1.807, 2.05) is 11.9 Å². The highest BCUT2D eigenvalue weighted by Crippen LogP contribution is 2.16. The highest BCUT2D eigenvalue weighted by atomic mass is 19.1. The van der Waals surface area contributed by atoms with Crippen molar-refractivity contribution in [1.29, 1.82) is 0 Å². The minimum Gasteiger partial charge on any atom is -0.366 e. The topological polar surface area (TPSA) is 59.4 Å². The van der Waals surface area contributed by atoms with Crippen molar-refractivity contribution in [2.24, 2.45) is 0 Å². The number of hydrogen-bond donors (Lipinski definition) is 1. The van der Waals surface area contributed by atoms with E-state index in [1.54, 1.807) is 6.07 Å². The van der Waals surface area contributed by atoms with Gasteiger partial charge in [0, 0.05) is 19.3 Å². The van der Waals surface area contributed by atoms with Crippen LogP contribution in [0.15, 0.2) is 30.5 Å². The van der Waals surface area contributed by atoms with E-state index >= 15 is 0 Å². The Morgan fingerprint density at radius 1 is 1.38 bits per heavy atom. The third-order valence-corrected chi connectivity index (χ3v) is 3.82. The summed E-state index contributed by atoms with van der Waals surface area (Å²) in [6, 6.07) is 5.22. The Hall–Kier alpha value is -2.32. The largest absolute Gasteiger partial charge is 0.366 e. The highest BCUT2D eigenvalue weighted by Gasteiger charge is 2.24. The molecule has 1 aromatic carbocycles. The quantitative estimate of drug-likeness (QED) is 0.908. The van der Waals surface area contributed by atoms with Gasteiger partial charge in [-0.15, -0.1) is 0 Å². The first-order valence-electron chi connectivity index (χ1n) is 7.61. The first-order valence-corrected chi connectivity index (χ1v) is 7.61. The second-order valence-electron chi connectivity index (χ2n) is 5.66. The van der Waals surface area contributed by atoms with E-state index in [0.29, 0.717) is 18.8 Å². The van der Waals surface area contributed by atoms with Gasteiger partial charge in [0.05, 0.1) is 18.8 Å². The van der Waals surface area contributed by atoms with Crippen LogP contribution in [0.2, 0.25) is 0 Å². The van der Waals surface area contributed by atoms with E-state index in [1.165, 1.54) is 24.4 Å². The summed E-state index contributed by atoms with van der Waals surface area (Å²) in [6.07, 6.45) is 0.934. The van der Waals surface area contributed by atoms with E-state index < -0.39 is 17.7 Å². The van der Waals surface area contributed by atoms with Crippen LogP contribution in [0, 0.1) is 11.6 Å². The van der Waals surface area contributed by atoms with Crippen LogP contribution in [0.1, 0.15) is 5.69 Å². The number of halogens is 2. The lowest BCUT2D eigenvalue weighted by atomic mass is 10.2. The van der Waals surface area contributed by atoms with Crippen LogP contribution in [0.25, 0.3) is 5.69 Å². The fourth-order valence-electron chi connectivity index (χ4n) is 2.52. The molecule has 1 amide bonds. The van der Waals surface area contributed by atoms with Crippen LogP contribution in [0.5, 0.6) is 0 Å². The third-order valence-electron chi connectivity index (χ3n) is 3.82. The molecular formula is C16H18F2N4O2. The fourth-order valence-corrected chi connectivity index (χ4v) is 2.52. The molecule has 8 heteroatoms. The molecule has 2 aromatic rings. The van der Waals surface area contributed by atoms with Gasteiger partial charge >= 0.3 is 0 Å². The zero-order valence-corrected chi connectivity index (χ0v) is 13.2. The zero-order chi connectivity index (χ0) is 17.1. The summed E-state index contributed by atoms with van der Waals surface area (Å²) in [7, 11) is 1.92. The summed E-state index contributed by atoms with van der Waals surface area (Å²) < 4.78 is 34.0. The molecule has 1 aromatic heterocycles. The van der Waals surface area contributed by atoms with Crippen LogP contribution in [-0.4, -0.2) is 53.4 Å². The molecule has 1 fully saturated rings. The predicted octanol–water partition coefficient (Wildman–Crippen LogP) is 1.10. The molecule has 1 saturated heterocycles. The van der Waals surface area contributed by atoms with Gasteiger partial charge < -0.3 is 15.0 Å². The Morgan fingerprint density at radius 2 is 2.12 bits per heavy atom. The summed E-state index contributed by atoms with van der Waals surface area (Å²) >= 11 is 0. The maximum atomic E-state index is 13.7. The average Bonchev–Trinajstić information content (AvgIpc) is 3.01. The molecule has 0 bridgehead atoms. The summed E-state index contributed by atoms with van der Waals surface area (Å²) in [5, 5.41) is 6.83. The molecule has 3 rings (SSSR count). The molecule has 24 heavy (non-hydrogen) atoms. The second kappa shape index (κ2) is 7.06. The number of hydrogen-bond acceptors (Lipinski definition) is 4. The SMILES string of the molecule is CN1CCO[C@@H](C(=O)NCc2ccn(-c3c(F)cccc3F)n2)C1. The number of nitrogens with zero attached hydrogens (tertiary/aromatic N) is 3. The van der Waals surface area contributed by atoms with Crippen molar-refractivity contribution in [2.45, 2.75) is 12.6 Å². The smallest absolute Gasteiger partial charge is 0.250 e. The molecule has 6 nitrogen and oxygen atoms in total. The van der Waals surface area contributed by atoms with Gasteiger partial charge in [-0.2, -0.15) is 5.10 Å². The highest BCUT2D eigenvalue weighted by molar-refractivity contribution is 5.81. The van der Waals surface area contributed by atoms with Gasteiger partial charge in [0.15, 0.2) is 11.6 Å². The van der Waals surface area contributed by atoms with Gasteiger partial charge in [-0.25, -0.2) is 13.5 Å². The molecule has 0 aliphatic carbocycles. The van der Waals surface area contributed by atoms with Crippen molar-refractivity contribution in [2.75, 3.05) is 26.7 Å². The lowest BCUT2D eigenvalue weighted by molar-refractivity contribution is -0.138. The van der Waals surface area contributed by atoms with Gasteiger partial charge in [0.2, 0.25) is 0 Å². The number of aromatic nitrogens is 2. The molecule has 1 N–H and O–H groups in total. The van der Waals surface area contributed by atoms with Gasteiger partial charge in [0.1, 0.15) is 11.8 Å². The lowest BCUT2D eigenvalue weighted by Crippen LogP contribution is -2.48. The molecule has 2 heterocycles. The van der Waals surface area contributed by atoms with Gasteiger partial charge in [0.25, 0.3) is 5.91 Å². The normalized spacial score (nSPS) is 18.5. The molecule has 0 radical (unpaired) electrons. The molecule has 1 atom stereocenters. The van der Waals surface area contributed by atoms with Crippen LogP contribution in [0.4, 0.5) is 8.78 Å². The van der Waals surface area contributed by atoms with Crippen LogP contribution >= 0.6 is 0 Å². The minimum atomic E-state index is -0.702. The summed E-state index contributed by atoms with van der Waals surface area (Å²) in [5.41, 5.74) is 0.252. The van der Waals surface area contributed by atoms with Crippen molar-refractivity contribution in [1.82, 2.24) is 20.0 Å². The maximum Gasteiger partial charge on any atom is 0.250 e. The molecule has 0 saturated carbocycles. The number of amides is 1. The first kappa shape index (κ1) is 16.5. The van der Waals surface area contributed by atoms with Crippen molar-refractivity contribution in [3.8, 4) is 5.69 Å². The van der Waals surface area contributed by atoms with Crippen LogP contribution < -0.4 is 5.32 Å². The fraction of sp³-hybridized carbons (Fsp3) is 0.375. The van der Waals surface area contributed by atoms with Crippen LogP contribution in [0.3, 0.4) is 0 Å². The molecule has 1 aliphatic rings. The number of likely N-dealkylation sites (N-methyl/N-ethyl adjacent to an activating group) is 1. The Balaban J connectivity index is 1.63. The molecular weight excluding hydrogens is 318 g/mol. The van der Waals surface area contributed by atoms with E-state index in [2.05, 4.69) is 10.4 Å². The van der Waals surface area contributed by atoms with Crippen LogP contribution in [-0.2, 0) is 16.1 Å². The number of ether oxygens (including phenoxy) is 1. The summed E-state index contributed by atoms with van der Waals surface area (Å²) in [5.74, 6) is -1.63. The van der Waals surface area contributed by atoms with Gasteiger partial charge in [-0.1, -0.05) is 6.07 Å². The van der Waals surface area contributed by atoms with E-state index in [9.17, 15) is 13.6 Å². The minimum absolute atomic E-state index is 0.158. The van der Waals surface area contributed by atoms with Crippen molar-refractivity contribution >= 4 is 5.91 Å². The maximum absolute atomic E-state index is 13.7. The predicted molar refractivity (Wildman–Crippen MR) is 82.6 cm³/mol. The number of rotatable bonds is 4. The molecule has 0 unspecified atom stereocenters. The van der Waals surface area contributed by atoms with Gasteiger partial charge in [-0.3, -0.25) is 4.79 Å². The summed E-state index contributed by atoms with van der Waals surface area (Å²) in [4.78, 5) is 14.1. The Labute approximate surface area is 138 Å². The second-order valence-corrected chi connectivity index (χ2v) is 5.66. The number of carbonyl (C=O) groups excluding carboxylic acids is 1. The number of para-hydroxylation sites is 1. The zero-order valence-electron chi connectivity index (χ0n) is 13.2. The van der Waals surface area contributed by atoms with Crippen molar-refractivity contribution in [3.05, 3.63) is 47.8 Å². The lowest BCUT2D eigenvalue weighted by Gasteiger charge is -2.28.